The van der Waals surface area contributed by atoms with Crippen LogP contribution in [0.1, 0.15) is 28.4 Å². The standard InChI is InChI=1S/C20H18F3N3O2/c1-2-28-18-9-4-3-8-17(18)19(27)25-16-11-24-26(13-16)12-14-6-5-7-15(10-14)20(21,22)23/h3-11,13H,2,12H2,1H3,(H,25,27). The lowest BCUT2D eigenvalue weighted by Gasteiger charge is -2.09. The van der Waals surface area contributed by atoms with Crippen LogP contribution in [0.15, 0.2) is 60.9 Å². The fourth-order valence-corrected chi connectivity index (χ4v) is 2.68. The van der Waals surface area contributed by atoms with Gasteiger partial charge in [-0.25, -0.2) is 0 Å². The van der Waals surface area contributed by atoms with Crippen molar-refractivity contribution in [1.82, 2.24) is 9.78 Å². The van der Waals surface area contributed by atoms with E-state index < -0.39 is 11.7 Å². The molecule has 1 N–H and O–H groups in total. The van der Waals surface area contributed by atoms with Crippen molar-refractivity contribution >= 4 is 11.6 Å². The van der Waals surface area contributed by atoms with Crippen LogP contribution < -0.4 is 10.1 Å². The van der Waals surface area contributed by atoms with Crippen LogP contribution in [-0.2, 0) is 12.7 Å². The number of carbonyl (C=O) groups is 1. The molecular weight excluding hydrogens is 371 g/mol. The fraction of sp³-hybridized carbons (Fsp3) is 0.200. The number of nitrogens with zero attached hydrogens (tertiary/aromatic N) is 2. The number of halogens is 3. The molecule has 0 bridgehead atoms. The number of hydrogen-bond acceptors (Lipinski definition) is 3. The topological polar surface area (TPSA) is 56.1 Å². The third-order valence-electron chi connectivity index (χ3n) is 3.92. The molecule has 0 unspecified atom stereocenters. The first-order valence-electron chi connectivity index (χ1n) is 8.58. The van der Waals surface area contributed by atoms with Gasteiger partial charge in [0.05, 0.1) is 36.2 Å². The molecule has 1 aromatic heterocycles. The average molecular weight is 389 g/mol. The van der Waals surface area contributed by atoms with E-state index in [1.165, 1.54) is 16.9 Å². The van der Waals surface area contributed by atoms with Crippen LogP contribution in [0.5, 0.6) is 5.75 Å². The van der Waals surface area contributed by atoms with Gasteiger partial charge >= 0.3 is 6.18 Å². The van der Waals surface area contributed by atoms with E-state index in [0.29, 0.717) is 29.2 Å². The molecule has 0 saturated heterocycles. The molecule has 0 aliphatic rings. The third-order valence-corrected chi connectivity index (χ3v) is 3.92. The summed E-state index contributed by atoms with van der Waals surface area (Å²) in [5, 5.41) is 6.81. The molecule has 0 spiro atoms. The summed E-state index contributed by atoms with van der Waals surface area (Å²) in [6.45, 7) is 2.40. The quantitative estimate of drug-likeness (QED) is 0.670. The Balaban J connectivity index is 1.71. The molecule has 3 aromatic rings. The Bertz CT molecular complexity index is 967. The number of para-hydroxylation sites is 1. The molecule has 2 aromatic carbocycles. The highest BCUT2D eigenvalue weighted by atomic mass is 19.4. The summed E-state index contributed by atoms with van der Waals surface area (Å²) in [5.74, 6) is 0.113. The number of hydrogen-bond donors (Lipinski definition) is 1. The molecule has 0 atom stereocenters. The Labute approximate surface area is 159 Å². The number of amides is 1. The van der Waals surface area contributed by atoms with Gasteiger partial charge in [0.2, 0.25) is 0 Å². The second-order valence-electron chi connectivity index (χ2n) is 6.01. The van der Waals surface area contributed by atoms with Gasteiger partial charge < -0.3 is 10.1 Å². The molecule has 1 amide bonds. The van der Waals surface area contributed by atoms with E-state index >= 15 is 0 Å². The summed E-state index contributed by atoms with van der Waals surface area (Å²) < 4.78 is 45.4. The smallest absolute Gasteiger partial charge is 0.416 e. The Hall–Kier alpha value is -3.29. The molecule has 146 valence electrons. The highest BCUT2D eigenvalue weighted by Gasteiger charge is 2.30. The summed E-state index contributed by atoms with van der Waals surface area (Å²) >= 11 is 0. The molecule has 0 fully saturated rings. The maximum Gasteiger partial charge on any atom is 0.416 e. The monoisotopic (exact) mass is 389 g/mol. The highest BCUT2D eigenvalue weighted by molar-refractivity contribution is 6.06. The molecule has 0 saturated carbocycles. The number of aromatic nitrogens is 2. The summed E-state index contributed by atoms with van der Waals surface area (Å²) in [5.41, 5.74) is 0.564. The molecule has 3 rings (SSSR count). The van der Waals surface area contributed by atoms with Crippen molar-refractivity contribution in [3.05, 3.63) is 77.6 Å². The van der Waals surface area contributed by atoms with Gasteiger partial charge in [0.25, 0.3) is 5.91 Å². The third kappa shape index (κ3) is 4.70. The number of carbonyl (C=O) groups excluding carboxylic acids is 1. The minimum atomic E-state index is -4.40. The van der Waals surface area contributed by atoms with E-state index in [1.54, 1.807) is 36.5 Å². The molecule has 0 radical (unpaired) electrons. The summed E-state index contributed by atoms with van der Waals surface area (Å²) in [7, 11) is 0. The van der Waals surface area contributed by atoms with Crippen molar-refractivity contribution in [2.24, 2.45) is 0 Å². The summed E-state index contributed by atoms with van der Waals surface area (Å²) in [6, 6.07) is 11.9. The van der Waals surface area contributed by atoms with Crippen molar-refractivity contribution < 1.29 is 22.7 Å². The van der Waals surface area contributed by atoms with Crippen molar-refractivity contribution in [3.63, 3.8) is 0 Å². The Morgan fingerprint density at radius 1 is 1.18 bits per heavy atom. The van der Waals surface area contributed by atoms with Crippen LogP contribution in [0.25, 0.3) is 0 Å². The van der Waals surface area contributed by atoms with Gasteiger partial charge in [0.1, 0.15) is 5.75 Å². The number of ether oxygens (including phenoxy) is 1. The first kappa shape index (κ1) is 19.5. The number of alkyl halides is 3. The number of benzene rings is 2. The second-order valence-corrected chi connectivity index (χ2v) is 6.01. The van der Waals surface area contributed by atoms with Crippen molar-refractivity contribution in [2.75, 3.05) is 11.9 Å². The van der Waals surface area contributed by atoms with E-state index in [4.69, 9.17) is 4.74 Å². The molecule has 0 aliphatic heterocycles. The van der Waals surface area contributed by atoms with Crippen molar-refractivity contribution in [3.8, 4) is 5.75 Å². The zero-order valence-electron chi connectivity index (χ0n) is 15.0. The SMILES string of the molecule is CCOc1ccccc1C(=O)Nc1cnn(Cc2cccc(C(F)(F)F)c2)c1. The average Bonchev–Trinajstić information content (AvgIpc) is 3.08. The Morgan fingerprint density at radius 3 is 2.71 bits per heavy atom. The predicted molar refractivity (Wildman–Crippen MR) is 98.3 cm³/mol. The normalized spacial score (nSPS) is 11.3. The number of anilines is 1. The Kier molecular flexibility index (Phi) is 5.67. The molecule has 28 heavy (non-hydrogen) atoms. The van der Waals surface area contributed by atoms with Gasteiger partial charge in [0.15, 0.2) is 0 Å². The molecule has 5 nitrogen and oxygen atoms in total. The molecule has 0 aliphatic carbocycles. The van der Waals surface area contributed by atoms with Crippen LogP contribution in [0.3, 0.4) is 0 Å². The predicted octanol–water partition coefficient (Wildman–Crippen LogP) is 4.60. The maximum atomic E-state index is 12.8. The highest BCUT2D eigenvalue weighted by Crippen LogP contribution is 2.29. The largest absolute Gasteiger partial charge is 0.493 e. The zero-order valence-corrected chi connectivity index (χ0v) is 15.0. The van der Waals surface area contributed by atoms with Crippen LogP contribution in [-0.4, -0.2) is 22.3 Å². The summed E-state index contributed by atoms with van der Waals surface area (Å²) in [6.07, 6.45) is -1.40. The zero-order chi connectivity index (χ0) is 20.1. The van der Waals surface area contributed by atoms with Gasteiger partial charge in [0, 0.05) is 6.20 Å². The lowest BCUT2D eigenvalue weighted by atomic mass is 10.1. The minimum Gasteiger partial charge on any atom is -0.493 e. The van der Waals surface area contributed by atoms with Gasteiger partial charge in [-0.1, -0.05) is 24.3 Å². The van der Waals surface area contributed by atoms with Crippen molar-refractivity contribution in [2.45, 2.75) is 19.6 Å². The van der Waals surface area contributed by atoms with Crippen LogP contribution >= 0.6 is 0 Å². The van der Waals surface area contributed by atoms with Gasteiger partial charge in [-0.05, 0) is 36.8 Å². The van der Waals surface area contributed by atoms with E-state index in [0.717, 1.165) is 12.1 Å². The maximum absolute atomic E-state index is 12.8. The number of nitrogens with one attached hydrogen (secondary N) is 1. The molecule has 1 heterocycles. The first-order valence-corrected chi connectivity index (χ1v) is 8.58. The van der Waals surface area contributed by atoms with E-state index in [2.05, 4.69) is 10.4 Å². The lowest BCUT2D eigenvalue weighted by molar-refractivity contribution is -0.137. The van der Waals surface area contributed by atoms with E-state index in [9.17, 15) is 18.0 Å². The Morgan fingerprint density at radius 2 is 1.96 bits per heavy atom. The fourth-order valence-electron chi connectivity index (χ4n) is 2.68. The second kappa shape index (κ2) is 8.16. The lowest BCUT2D eigenvalue weighted by Crippen LogP contribution is -2.13. The van der Waals surface area contributed by atoms with Crippen molar-refractivity contribution in [1.29, 1.82) is 0 Å². The van der Waals surface area contributed by atoms with Gasteiger partial charge in [-0.3, -0.25) is 9.48 Å². The van der Waals surface area contributed by atoms with Crippen LogP contribution in [0, 0.1) is 0 Å². The van der Waals surface area contributed by atoms with Crippen LogP contribution in [0.4, 0.5) is 18.9 Å². The van der Waals surface area contributed by atoms with Gasteiger partial charge in [-0.15, -0.1) is 0 Å². The van der Waals surface area contributed by atoms with E-state index in [1.807, 2.05) is 6.92 Å². The minimum absolute atomic E-state index is 0.148. The van der Waals surface area contributed by atoms with E-state index in [-0.39, 0.29) is 12.5 Å². The number of rotatable bonds is 6. The molecular formula is C20H18F3N3O2. The van der Waals surface area contributed by atoms with Crippen LogP contribution in [0.2, 0.25) is 0 Å². The summed E-state index contributed by atoms with van der Waals surface area (Å²) in [4.78, 5) is 12.5. The van der Waals surface area contributed by atoms with Gasteiger partial charge in [-0.2, -0.15) is 18.3 Å². The molecule has 8 heteroatoms. The first-order chi connectivity index (χ1) is 13.4.